The molecule has 2 aromatic carbocycles. The summed E-state index contributed by atoms with van der Waals surface area (Å²) in [6.45, 7) is 5.33. The first-order valence-corrected chi connectivity index (χ1v) is 9.27. The van der Waals surface area contributed by atoms with Crippen molar-refractivity contribution in [2.45, 2.75) is 32.0 Å². The number of phenolic OH excluding ortho intramolecular Hbond substituents is 1. The van der Waals surface area contributed by atoms with Crippen LogP contribution in [0, 0.1) is 0 Å². The molecule has 1 unspecified atom stereocenters. The summed E-state index contributed by atoms with van der Waals surface area (Å²) in [5.74, 6) is 0.275. The molecule has 27 heavy (non-hydrogen) atoms. The molecule has 0 bridgehead atoms. The maximum Gasteiger partial charge on any atom is 0.416 e. The number of piperazine rings is 1. The van der Waals surface area contributed by atoms with Gasteiger partial charge < -0.3 is 10.0 Å². The molecule has 3 nitrogen and oxygen atoms in total. The van der Waals surface area contributed by atoms with Crippen LogP contribution in [-0.2, 0) is 12.6 Å². The number of hydrogen-bond donors (Lipinski definition) is 1. The van der Waals surface area contributed by atoms with Crippen molar-refractivity contribution in [2.75, 3.05) is 31.1 Å². The standard InChI is InChI=1S/C21H25F3N2O/c1-16(5-6-17-7-9-20(27)10-8-17)25-11-13-26(14-12-25)19-4-2-3-18(15-19)21(22,23)24/h2-4,7-10,15-16,27H,5-6,11-14H2,1H3. The lowest BCUT2D eigenvalue weighted by Crippen LogP contribution is -2.49. The first-order chi connectivity index (χ1) is 12.8. The van der Waals surface area contributed by atoms with E-state index in [-0.39, 0.29) is 5.75 Å². The number of phenols is 1. The van der Waals surface area contributed by atoms with Gasteiger partial charge in [0.1, 0.15) is 5.75 Å². The Bertz CT molecular complexity index is 738. The molecule has 0 radical (unpaired) electrons. The molecule has 2 aromatic rings. The van der Waals surface area contributed by atoms with Gasteiger partial charge >= 0.3 is 6.18 Å². The van der Waals surface area contributed by atoms with Gasteiger partial charge in [0.2, 0.25) is 0 Å². The predicted molar refractivity (Wildman–Crippen MR) is 101 cm³/mol. The third-order valence-corrected chi connectivity index (χ3v) is 5.26. The van der Waals surface area contributed by atoms with E-state index >= 15 is 0 Å². The molecule has 1 fully saturated rings. The van der Waals surface area contributed by atoms with Crippen LogP contribution in [0.25, 0.3) is 0 Å². The summed E-state index contributed by atoms with van der Waals surface area (Å²) in [6.07, 6.45) is -2.36. The van der Waals surface area contributed by atoms with Gasteiger partial charge in [-0.15, -0.1) is 0 Å². The Hall–Kier alpha value is -2.21. The van der Waals surface area contributed by atoms with Crippen LogP contribution < -0.4 is 4.90 Å². The zero-order valence-corrected chi connectivity index (χ0v) is 15.4. The van der Waals surface area contributed by atoms with E-state index in [1.165, 1.54) is 17.7 Å². The first kappa shape index (κ1) is 19.5. The van der Waals surface area contributed by atoms with E-state index in [9.17, 15) is 18.3 Å². The molecule has 1 N–H and O–H groups in total. The summed E-state index contributed by atoms with van der Waals surface area (Å²) in [7, 11) is 0. The molecule has 1 heterocycles. The number of aryl methyl sites for hydroxylation is 1. The van der Waals surface area contributed by atoms with Crippen molar-refractivity contribution >= 4 is 5.69 Å². The Labute approximate surface area is 158 Å². The molecule has 1 aliphatic rings. The van der Waals surface area contributed by atoms with Crippen LogP contribution in [0.3, 0.4) is 0 Å². The van der Waals surface area contributed by atoms with Gasteiger partial charge in [0.25, 0.3) is 0 Å². The van der Waals surface area contributed by atoms with E-state index in [1.54, 1.807) is 18.2 Å². The quantitative estimate of drug-likeness (QED) is 0.827. The summed E-state index contributed by atoms with van der Waals surface area (Å²) in [5, 5.41) is 9.34. The average Bonchev–Trinajstić information content (AvgIpc) is 2.67. The SMILES string of the molecule is CC(CCc1ccc(O)cc1)N1CCN(c2cccc(C(F)(F)F)c2)CC1. The molecular weight excluding hydrogens is 353 g/mol. The second kappa shape index (κ2) is 8.21. The summed E-state index contributed by atoms with van der Waals surface area (Å²) >= 11 is 0. The second-order valence-electron chi connectivity index (χ2n) is 7.13. The van der Waals surface area contributed by atoms with Gasteiger partial charge in [-0.2, -0.15) is 13.2 Å². The van der Waals surface area contributed by atoms with Crippen LogP contribution in [0.5, 0.6) is 5.75 Å². The lowest BCUT2D eigenvalue weighted by atomic mass is 10.0. The number of rotatable bonds is 5. The highest BCUT2D eigenvalue weighted by Gasteiger charge is 2.31. The van der Waals surface area contributed by atoms with Gasteiger partial charge in [-0.3, -0.25) is 4.90 Å². The van der Waals surface area contributed by atoms with Crippen LogP contribution in [0.4, 0.5) is 18.9 Å². The molecule has 0 aliphatic carbocycles. The number of anilines is 1. The number of aromatic hydroxyl groups is 1. The maximum absolute atomic E-state index is 12.9. The highest BCUT2D eigenvalue weighted by molar-refractivity contribution is 5.49. The van der Waals surface area contributed by atoms with E-state index in [4.69, 9.17) is 0 Å². The molecule has 1 atom stereocenters. The predicted octanol–water partition coefficient (Wildman–Crippen LogP) is 4.55. The molecule has 0 aromatic heterocycles. The van der Waals surface area contributed by atoms with Crippen LogP contribution >= 0.6 is 0 Å². The fraction of sp³-hybridized carbons (Fsp3) is 0.429. The Morgan fingerprint density at radius 3 is 2.30 bits per heavy atom. The number of nitrogens with zero attached hydrogens (tertiary/aromatic N) is 2. The average molecular weight is 378 g/mol. The number of alkyl halides is 3. The van der Waals surface area contributed by atoms with Crippen LogP contribution in [0.2, 0.25) is 0 Å². The molecule has 0 amide bonds. The van der Waals surface area contributed by atoms with E-state index in [0.717, 1.165) is 45.1 Å². The number of benzene rings is 2. The highest BCUT2D eigenvalue weighted by Crippen LogP contribution is 2.32. The first-order valence-electron chi connectivity index (χ1n) is 9.27. The minimum atomic E-state index is -4.30. The third kappa shape index (κ3) is 5.16. The van der Waals surface area contributed by atoms with Gasteiger partial charge in [0.05, 0.1) is 5.56 Å². The van der Waals surface area contributed by atoms with Gasteiger partial charge in [0.15, 0.2) is 0 Å². The van der Waals surface area contributed by atoms with Crippen molar-refractivity contribution in [2.24, 2.45) is 0 Å². The fourth-order valence-electron chi connectivity index (χ4n) is 3.52. The van der Waals surface area contributed by atoms with Crippen LogP contribution in [0.15, 0.2) is 48.5 Å². The molecular formula is C21H25F3N2O. The van der Waals surface area contributed by atoms with Gasteiger partial charge in [-0.25, -0.2) is 0 Å². The fourth-order valence-corrected chi connectivity index (χ4v) is 3.52. The van der Waals surface area contributed by atoms with Crippen LogP contribution in [0.1, 0.15) is 24.5 Å². The van der Waals surface area contributed by atoms with Crippen LogP contribution in [-0.4, -0.2) is 42.2 Å². The summed E-state index contributed by atoms with van der Waals surface area (Å²) < 4.78 is 38.7. The molecule has 0 spiro atoms. The minimum Gasteiger partial charge on any atom is -0.508 e. The van der Waals surface area contributed by atoms with Crippen molar-refractivity contribution in [3.63, 3.8) is 0 Å². The molecule has 146 valence electrons. The van der Waals surface area contributed by atoms with E-state index < -0.39 is 11.7 Å². The third-order valence-electron chi connectivity index (χ3n) is 5.26. The Balaban J connectivity index is 1.51. The molecule has 1 saturated heterocycles. The largest absolute Gasteiger partial charge is 0.508 e. The lowest BCUT2D eigenvalue weighted by molar-refractivity contribution is -0.137. The zero-order chi connectivity index (χ0) is 19.4. The normalized spacial score (nSPS) is 17.1. The topological polar surface area (TPSA) is 26.7 Å². The van der Waals surface area contributed by atoms with Crippen molar-refractivity contribution in [1.82, 2.24) is 4.90 Å². The molecule has 1 aliphatic heterocycles. The minimum absolute atomic E-state index is 0.275. The molecule has 0 saturated carbocycles. The Kier molecular flexibility index (Phi) is 5.95. The van der Waals surface area contributed by atoms with E-state index in [2.05, 4.69) is 11.8 Å². The van der Waals surface area contributed by atoms with Crippen molar-refractivity contribution in [3.8, 4) is 5.75 Å². The zero-order valence-electron chi connectivity index (χ0n) is 15.4. The van der Waals surface area contributed by atoms with Crippen molar-refractivity contribution in [1.29, 1.82) is 0 Å². The van der Waals surface area contributed by atoms with Gasteiger partial charge in [-0.1, -0.05) is 18.2 Å². The van der Waals surface area contributed by atoms with Gasteiger partial charge in [0, 0.05) is 37.9 Å². The Morgan fingerprint density at radius 1 is 1.00 bits per heavy atom. The molecule has 6 heteroatoms. The number of halogens is 3. The van der Waals surface area contributed by atoms with Gasteiger partial charge in [-0.05, 0) is 55.7 Å². The summed E-state index contributed by atoms with van der Waals surface area (Å²) in [5.41, 5.74) is 1.24. The maximum atomic E-state index is 12.9. The highest BCUT2D eigenvalue weighted by atomic mass is 19.4. The van der Waals surface area contributed by atoms with Crippen molar-refractivity contribution < 1.29 is 18.3 Å². The smallest absolute Gasteiger partial charge is 0.416 e. The monoisotopic (exact) mass is 378 g/mol. The van der Waals surface area contributed by atoms with E-state index in [1.807, 2.05) is 17.0 Å². The second-order valence-corrected chi connectivity index (χ2v) is 7.13. The lowest BCUT2D eigenvalue weighted by Gasteiger charge is -2.39. The van der Waals surface area contributed by atoms with Crippen molar-refractivity contribution in [3.05, 3.63) is 59.7 Å². The number of hydrogen-bond acceptors (Lipinski definition) is 3. The summed E-state index contributed by atoms with van der Waals surface area (Å²) in [4.78, 5) is 4.42. The van der Waals surface area contributed by atoms with E-state index in [0.29, 0.717) is 11.7 Å². The molecule has 3 rings (SSSR count). The summed E-state index contributed by atoms with van der Waals surface area (Å²) in [6, 6.07) is 13.3. The Morgan fingerprint density at radius 2 is 1.67 bits per heavy atom.